The minimum Gasteiger partial charge on any atom is -0.488 e. The van der Waals surface area contributed by atoms with Gasteiger partial charge < -0.3 is 4.74 Å². The number of hydrazone groups is 1. The quantitative estimate of drug-likeness (QED) is 0.395. The topological polar surface area (TPSA) is 50.7 Å². The Labute approximate surface area is 177 Å². The van der Waals surface area contributed by atoms with Crippen LogP contribution in [-0.4, -0.2) is 12.1 Å². The number of amides is 1. The van der Waals surface area contributed by atoms with Crippen molar-refractivity contribution in [3.63, 3.8) is 0 Å². The number of hydrogen-bond donors (Lipinski definition) is 1. The molecule has 1 amide bonds. The van der Waals surface area contributed by atoms with Crippen LogP contribution in [0.2, 0.25) is 0 Å². The Morgan fingerprint density at radius 3 is 2.48 bits per heavy atom. The number of hydrogen-bond acceptors (Lipinski definition) is 3. The van der Waals surface area contributed by atoms with Crippen LogP contribution in [0, 0.1) is 12.7 Å². The van der Waals surface area contributed by atoms with Crippen molar-refractivity contribution in [1.82, 2.24) is 5.43 Å². The number of rotatable bonds is 7. The van der Waals surface area contributed by atoms with Crippen LogP contribution < -0.4 is 10.2 Å². The summed E-state index contributed by atoms with van der Waals surface area (Å²) < 4.78 is 19.7. The molecule has 0 bridgehead atoms. The number of nitrogens with zero attached hydrogens (tertiary/aromatic N) is 1. The number of carbonyl (C=O) groups excluding carboxylic acids is 1. The van der Waals surface area contributed by atoms with E-state index in [0.717, 1.165) is 15.6 Å². The van der Waals surface area contributed by atoms with E-state index in [1.165, 1.54) is 23.9 Å². The summed E-state index contributed by atoms with van der Waals surface area (Å²) in [6.07, 6.45) is 1.66. The number of benzene rings is 3. The van der Waals surface area contributed by atoms with Crippen LogP contribution in [-0.2, 0) is 17.8 Å². The van der Waals surface area contributed by atoms with Gasteiger partial charge in [-0.15, -0.1) is 0 Å². The molecule has 6 heteroatoms. The molecule has 1 N–H and O–H groups in total. The molecular formula is C23H20BrFN2O2. The minimum absolute atomic E-state index is 0.118. The molecule has 148 valence electrons. The van der Waals surface area contributed by atoms with E-state index >= 15 is 0 Å². The van der Waals surface area contributed by atoms with E-state index in [1.807, 2.05) is 49.4 Å². The average Bonchev–Trinajstić information content (AvgIpc) is 2.70. The molecular weight excluding hydrogens is 435 g/mol. The molecule has 4 nitrogen and oxygen atoms in total. The number of carbonyl (C=O) groups is 1. The van der Waals surface area contributed by atoms with Crippen molar-refractivity contribution < 1.29 is 13.9 Å². The fraction of sp³-hybridized carbons (Fsp3) is 0.130. The SMILES string of the molecule is Cc1ccc(COc2ccc(Br)cc2/C=N/NC(=O)Cc2ccc(F)cc2)cc1. The third-order valence-electron chi connectivity index (χ3n) is 4.16. The van der Waals surface area contributed by atoms with E-state index in [0.29, 0.717) is 17.9 Å². The van der Waals surface area contributed by atoms with Gasteiger partial charge in [-0.1, -0.05) is 57.9 Å². The van der Waals surface area contributed by atoms with Gasteiger partial charge in [-0.3, -0.25) is 4.79 Å². The van der Waals surface area contributed by atoms with E-state index in [1.54, 1.807) is 12.1 Å². The summed E-state index contributed by atoms with van der Waals surface area (Å²) in [6.45, 7) is 2.47. The van der Waals surface area contributed by atoms with E-state index in [-0.39, 0.29) is 18.1 Å². The highest BCUT2D eigenvalue weighted by Gasteiger charge is 2.05. The molecule has 3 rings (SSSR count). The lowest BCUT2D eigenvalue weighted by atomic mass is 10.1. The summed E-state index contributed by atoms with van der Waals surface area (Å²) in [6, 6.07) is 19.5. The fourth-order valence-electron chi connectivity index (χ4n) is 2.60. The zero-order valence-corrected chi connectivity index (χ0v) is 17.4. The third-order valence-corrected chi connectivity index (χ3v) is 4.65. The van der Waals surface area contributed by atoms with Crippen LogP contribution in [0.15, 0.2) is 76.3 Å². The molecule has 0 heterocycles. The van der Waals surface area contributed by atoms with Crippen molar-refractivity contribution in [2.24, 2.45) is 5.10 Å². The van der Waals surface area contributed by atoms with Gasteiger partial charge in [0, 0.05) is 10.0 Å². The molecule has 0 aliphatic rings. The summed E-state index contributed by atoms with van der Waals surface area (Å²) in [5, 5.41) is 4.02. The standard InChI is InChI=1S/C23H20BrFN2O2/c1-16-2-4-18(5-3-16)15-29-22-11-8-20(24)13-19(22)14-26-27-23(28)12-17-6-9-21(25)10-7-17/h2-11,13-14H,12,15H2,1H3,(H,27,28)/b26-14+. The Morgan fingerprint density at radius 2 is 1.76 bits per heavy atom. The first-order valence-corrected chi connectivity index (χ1v) is 9.83. The maximum atomic E-state index is 12.9. The second kappa shape index (κ2) is 9.98. The normalized spacial score (nSPS) is 10.9. The predicted molar refractivity (Wildman–Crippen MR) is 115 cm³/mol. The van der Waals surface area contributed by atoms with Crippen molar-refractivity contribution in [3.8, 4) is 5.75 Å². The fourth-order valence-corrected chi connectivity index (χ4v) is 2.98. The van der Waals surface area contributed by atoms with Gasteiger partial charge in [0.25, 0.3) is 0 Å². The lowest BCUT2D eigenvalue weighted by Gasteiger charge is -2.10. The van der Waals surface area contributed by atoms with Crippen LogP contribution in [0.5, 0.6) is 5.75 Å². The lowest BCUT2D eigenvalue weighted by Crippen LogP contribution is -2.19. The van der Waals surface area contributed by atoms with Crippen molar-refractivity contribution in [3.05, 3.63) is 99.3 Å². The van der Waals surface area contributed by atoms with Gasteiger partial charge in [0.1, 0.15) is 18.2 Å². The van der Waals surface area contributed by atoms with Crippen LogP contribution in [0.3, 0.4) is 0 Å². The summed E-state index contributed by atoms with van der Waals surface area (Å²) >= 11 is 3.44. The van der Waals surface area contributed by atoms with Crippen molar-refractivity contribution in [1.29, 1.82) is 0 Å². The monoisotopic (exact) mass is 454 g/mol. The third kappa shape index (κ3) is 6.54. The highest BCUT2D eigenvalue weighted by Crippen LogP contribution is 2.23. The van der Waals surface area contributed by atoms with Crippen LogP contribution >= 0.6 is 15.9 Å². The Kier molecular flexibility index (Phi) is 7.14. The van der Waals surface area contributed by atoms with Crippen molar-refractivity contribution >= 4 is 28.1 Å². The van der Waals surface area contributed by atoms with Gasteiger partial charge in [0.15, 0.2) is 0 Å². The molecule has 0 saturated heterocycles. The molecule has 0 radical (unpaired) electrons. The van der Waals surface area contributed by atoms with Crippen molar-refractivity contribution in [2.45, 2.75) is 20.0 Å². The van der Waals surface area contributed by atoms with Gasteiger partial charge in [-0.2, -0.15) is 5.10 Å². The first-order chi connectivity index (χ1) is 14.0. The molecule has 0 fully saturated rings. The smallest absolute Gasteiger partial charge is 0.244 e. The summed E-state index contributed by atoms with van der Waals surface area (Å²) in [4.78, 5) is 12.0. The van der Waals surface area contributed by atoms with Crippen molar-refractivity contribution in [2.75, 3.05) is 0 Å². The summed E-state index contributed by atoms with van der Waals surface area (Å²) in [7, 11) is 0. The first-order valence-electron chi connectivity index (χ1n) is 9.04. The van der Waals surface area contributed by atoms with Crippen LogP contribution in [0.4, 0.5) is 4.39 Å². The highest BCUT2D eigenvalue weighted by molar-refractivity contribution is 9.10. The average molecular weight is 455 g/mol. The number of halogens is 2. The van der Waals surface area contributed by atoms with Gasteiger partial charge in [-0.25, -0.2) is 9.82 Å². The number of aryl methyl sites for hydroxylation is 1. The molecule has 0 atom stereocenters. The Morgan fingerprint density at radius 1 is 1.07 bits per heavy atom. The van der Waals surface area contributed by atoms with Gasteiger partial charge in [0.2, 0.25) is 5.91 Å². The Bertz CT molecular complexity index is 1000. The molecule has 0 aromatic heterocycles. The highest BCUT2D eigenvalue weighted by atomic mass is 79.9. The van der Waals surface area contributed by atoms with Gasteiger partial charge in [-0.05, 0) is 48.4 Å². The Balaban J connectivity index is 1.61. The zero-order valence-electron chi connectivity index (χ0n) is 15.9. The molecule has 0 aliphatic heterocycles. The van der Waals surface area contributed by atoms with Gasteiger partial charge in [0.05, 0.1) is 12.6 Å². The molecule has 3 aromatic rings. The maximum Gasteiger partial charge on any atom is 0.244 e. The van der Waals surface area contributed by atoms with E-state index in [4.69, 9.17) is 4.74 Å². The summed E-state index contributed by atoms with van der Waals surface area (Å²) in [5.74, 6) is 0.0373. The largest absolute Gasteiger partial charge is 0.488 e. The molecule has 29 heavy (non-hydrogen) atoms. The molecule has 0 unspecified atom stereocenters. The zero-order chi connectivity index (χ0) is 20.6. The molecule has 0 spiro atoms. The predicted octanol–water partition coefficient (Wildman–Crippen LogP) is 5.17. The number of nitrogens with one attached hydrogen (secondary N) is 1. The molecule has 0 saturated carbocycles. The second-order valence-corrected chi connectivity index (χ2v) is 7.47. The van der Waals surface area contributed by atoms with E-state index in [2.05, 4.69) is 26.5 Å². The summed E-state index contributed by atoms with van der Waals surface area (Å²) in [5.41, 5.74) is 6.19. The first kappa shape index (κ1) is 20.7. The minimum atomic E-state index is -0.333. The maximum absolute atomic E-state index is 12.9. The lowest BCUT2D eigenvalue weighted by molar-refractivity contribution is -0.120. The van der Waals surface area contributed by atoms with E-state index < -0.39 is 0 Å². The van der Waals surface area contributed by atoms with E-state index in [9.17, 15) is 9.18 Å². The second-order valence-electron chi connectivity index (χ2n) is 6.55. The van der Waals surface area contributed by atoms with Crippen LogP contribution in [0.25, 0.3) is 0 Å². The van der Waals surface area contributed by atoms with Crippen LogP contribution in [0.1, 0.15) is 22.3 Å². The molecule has 0 aliphatic carbocycles. The molecule has 3 aromatic carbocycles. The van der Waals surface area contributed by atoms with Gasteiger partial charge >= 0.3 is 0 Å². The number of ether oxygens (including phenoxy) is 1. The Hall–Kier alpha value is -2.99.